The van der Waals surface area contributed by atoms with E-state index in [1.165, 1.54) is 0 Å². The summed E-state index contributed by atoms with van der Waals surface area (Å²) in [4.78, 5) is 27.4. The standard InChI is InChI=1S/C18H23NO2/c1-16(2)17(3)10-11-18(16,12-14(17)20)15(21)19(4)13-8-6-5-7-9-13/h5-9H,10-12H2,1-4H3/t17-,18-/m1/s1. The summed E-state index contributed by atoms with van der Waals surface area (Å²) in [6.45, 7) is 6.24. The summed E-state index contributed by atoms with van der Waals surface area (Å²) in [6.07, 6.45) is 2.04. The molecule has 0 N–H and O–H groups in total. The van der Waals surface area contributed by atoms with Crippen LogP contribution in [0.4, 0.5) is 5.69 Å². The van der Waals surface area contributed by atoms with Crippen LogP contribution in [-0.4, -0.2) is 18.7 Å². The summed E-state index contributed by atoms with van der Waals surface area (Å²) in [7, 11) is 1.82. The molecule has 2 atom stereocenters. The van der Waals surface area contributed by atoms with Gasteiger partial charge in [-0.2, -0.15) is 0 Å². The van der Waals surface area contributed by atoms with Crippen LogP contribution < -0.4 is 4.90 Å². The van der Waals surface area contributed by atoms with Crippen LogP contribution in [-0.2, 0) is 9.59 Å². The summed E-state index contributed by atoms with van der Waals surface area (Å²) < 4.78 is 0. The molecule has 1 amide bonds. The third-order valence-corrected chi connectivity index (χ3v) is 6.56. The molecule has 0 aromatic heterocycles. The van der Waals surface area contributed by atoms with Gasteiger partial charge in [-0.3, -0.25) is 9.59 Å². The summed E-state index contributed by atoms with van der Waals surface area (Å²) in [5, 5.41) is 0. The lowest BCUT2D eigenvalue weighted by atomic mass is 9.64. The maximum atomic E-state index is 13.2. The zero-order chi connectivity index (χ0) is 15.5. The van der Waals surface area contributed by atoms with Gasteiger partial charge < -0.3 is 4.90 Å². The second-order valence-corrected chi connectivity index (χ2v) is 7.34. The van der Waals surface area contributed by atoms with Crippen LogP contribution in [0, 0.1) is 16.2 Å². The van der Waals surface area contributed by atoms with Gasteiger partial charge in [-0.15, -0.1) is 0 Å². The van der Waals surface area contributed by atoms with E-state index >= 15 is 0 Å². The first kappa shape index (κ1) is 14.3. The van der Waals surface area contributed by atoms with Crippen LogP contribution in [0.1, 0.15) is 40.0 Å². The van der Waals surface area contributed by atoms with Gasteiger partial charge in [0, 0.05) is 24.6 Å². The van der Waals surface area contributed by atoms with E-state index < -0.39 is 5.41 Å². The van der Waals surface area contributed by atoms with Crippen LogP contribution in [0.5, 0.6) is 0 Å². The van der Waals surface area contributed by atoms with E-state index in [-0.39, 0.29) is 22.5 Å². The molecule has 1 aromatic rings. The molecule has 0 radical (unpaired) electrons. The van der Waals surface area contributed by atoms with Gasteiger partial charge >= 0.3 is 0 Å². The molecule has 0 unspecified atom stereocenters. The average Bonchev–Trinajstić information content (AvgIpc) is 2.77. The second kappa shape index (κ2) is 4.19. The van der Waals surface area contributed by atoms with Crippen molar-refractivity contribution in [3.8, 4) is 0 Å². The van der Waals surface area contributed by atoms with Crippen molar-refractivity contribution in [1.29, 1.82) is 0 Å². The Hall–Kier alpha value is -1.64. The molecule has 3 nitrogen and oxygen atoms in total. The molecule has 3 heteroatoms. The van der Waals surface area contributed by atoms with E-state index in [9.17, 15) is 9.59 Å². The van der Waals surface area contributed by atoms with Crippen LogP contribution in [0.25, 0.3) is 0 Å². The highest BCUT2D eigenvalue weighted by atomic mass is 16.2. The second-order valence-electron chi connectivity index (χ2n) is 7.34. The molecule has 2 saturated carbocycles. The topological polar surface area (TPSA) is 37.4 Å². The summed E-state index contributed by atoms with van der Waals surface area (Å²) in [5.74, 6) is 0.349. The van der Waals surface area contributed by atoms with Crippen molar-refractivity contribution in [2.45, 2.75) is 40.0 Å². The Kier molecular flexibility index (Phi) is 2.85. The first-order valence-corrected chi connectivity index (χ1v) is 7.63. The fraction of sp³-hybridized carbons (Fsp3) is 0.556. The van der Waals surface area contributed by atoms with Crippen molar-refractivity contribution in [2.24, 2.45) is 16.2 Å². The van der Waals surface area contributed by atoms with Crippen molar-refractivity contribution in [1.82, 2.24) is 0 Å². The number of hydrogen-bond donors (Lipinski definition) is 0. The molecule has 2 fully saturated rings. The number of ketones is 1. The number of para-hydroxylation sites is 1. The molecule has 2 aliphatic carbocycles. The smallest absolute Gasteiger partial charge is 0.233 e. The van der Waals surface area contributed by atoms with Gasteiger partial charge in [0.2, 0.25) is 5.91 Å². The molecule has 0 aliphatic heterocycles. The highest BCUT2D eigenvalue weighted by Crippen LogP contribution is 2.71. The molecule has 2 aliphatic rings. The molecule has 0 saturated heterocycles. The predicted octanol–water partition coefficient (Wildman–Crippen LogP) is 3.43. The predicted molar refractivity (Wildman–Crippen MR) is 83.0 cm³/mol. The quantitative estimate of drug-likeness (QED) is 0.834. The third-order valence-electron chi connectivity index (χ3n) is 6.56. The lowest BCUT2D eigenvalue weighted by Gasteiger charge is -2.40. The maximum absolute atomic E-state index is 13.2. The van der Waals surface area contributed by atoms with Gasteiger partial charge in [0.1, 0.15) is 5.78 Å². The average molecular weight is 285 g/mol. The largest absolute Gasteiger partial charge is 0.315 e. The fourth-order valence-electron chi connectivity index (χ4n) is 4.42. The van der Waals surface area contributed by atoms with Crippen LogP contribution in [0.2, 0.25) is 0 Å². The third kappa shape index (κ3) is 1.55. The molecular formula is C18H23NO2. The monoisotopic (exact) mass is 285 g/mol. The molecule has 0 spiro atoms. The van der Waals surface area contributed by atoms with Crippen LogP contribution in [0.15, 0.2) is 30.3 Å². The Morgan fingerprint density at radius 1 is 1.10 bits per heavy atom. The van der Waals surface area contributed by atoms with Crippen LogP contribution in [0.3, 0.4) is 0 Å². The lowest BCUT2D eigenvalue weighted by Crippen LogP contribution is -2.47. The van der Waals surface area contributed by atoms with E-state index in [2.05, 4.69) is 13.8 Å². The fourth-order valence-corrected chi connectivity index (χ4v) is 4.42. The number of Topliss-reactive ketones (excluding diaryl/α,β-unsaturated/α-hetero) is 1. The zero-order valence-electron chi connectivity index (χ0n) is 13.3. The summed E-state index contributed by atoms with van der Waals surface area (Å²) in [6, 6.07) is 9.68. The number of nitrogens with zero attached hydrogens (tertiary/aromatic N) is 1. The van der Waals surface area contributed by atoms with Gasteiger partial charge in [0.25, 0.3) is 0 Å². The number of carbonyl (C=O) groups is 2. The van der Waals surface area contributed by atoms with Crippen molar-refractivity contribution < 1.29 is 9.59 Å². The Bertz CT molecular complexity index is 607. The summed E-state index contributed by atoms with van der Waals surface area (Å²) in [5.41, 5.74) is -0.276. The van der Waals surface area contributed by atoms with Crippen molar-refractivity contribution in [3.05, 3.63) is 30.3 Å². The van der Waals surface area contributed by atoms with Gasteiger partial charge in [-0.05, 0) is 30.4 Å². The van der Waals surface area contributed by atoms with E-state index in [0.29, 0.717) is 6.42 Å². The lowest BCUT2D eigenvalue weighted by molar-refractivity contribution is -0.133. The number of hydrogen-bond acceptors (Lipinski definition) is 2. The molecule has 21 heavy (non-hydrogen) atoms. The van der Waals surface area contributed by atoms with E-state index in [4.69, 9.17) is 0 Å². The Balaban J connectivity index is 2.01. The molecule has 3 rings (SSSR count). The van der Waals surface area contributed by atoms with Gasteiger partial charge in [-0.1, -0.05) is 39.0 Å². The van der Waals surface area contributed by atoms with E-state index in [1.807, 2.05) is 44.3 Å². The Labute approximate surface area is 126 Å². The first-order chi connectivity index (χ1) is 9.76. The maximum Gasteiger partial charge on any atom is 0.233 e. The van der Waals surface area contributed by atoms with Crippen molar-refractivity contribution in [2.75, 3.05) is 11.9 Å². The normalized spacial score (nSPS) is 33.2. The molecule has 1 aromatic carbocycles. The number of fused-ring (bicyclic) bond motifs is 2. The van der Waals surface area contributed by atoms with Crippen molar-refractivity contribution >= 4 is 17.4 Å². The minimum atomic E-state index is -0.538. The SMILES string of the molecule is CN(C(=O)[C@@]12CC[C@](C)(C(=O)C1)C2(C)C)c1ccccc1. The molecule has 0 heterocycles. The minimum Gasteiger partial charge on any atom is -0.315 e. The van der Waals surface area contributed by atoms with Crippen LogP contribution >= 0.6 is 0 Å². The number of anilines is 1. The molecule has 2 bridgehead atoms. The Morgan fingerprint density at radius 2 is 1.71 bits per heavy atom. The Morgan fingerprint density at radius 3 is 2.19 bits per heavy atom. The van der Waals surface area contributed by atoms with Gasteiger partial charge in [0.15, 0.2) is 0 Å². The van der Waals surface area contributed by atoms with Crippen molar-refractivity contribution in [3.63, 3.8) is 0 Å². The highest BCUT2D eigenvalue weighted by Gasteiger charge is 2.72. The number of amides is 1. The van der Waals surface area contributed by atoms with Gasteiger partial charge in [0.05, 0.1) is 5.41 Å². The molecular weight excluding hydrogens is 262 g/mol. The zero-order valence-corrected chi connectivity index (χ0v) is 13.3. The van der Waals surface area contributed by atoms with E-state index in [1.54, 1.807) is 4.90 Å². The molecule has 112 valence electrons. The number of benzene rings is 1. The minimum absolute atomic E-state index is 0.0910. The van der Waals surface area contributed by atoms with E-state index in [0.717, 1.165) is 18.5 Å². The number of rotatable bonds is 2. The summed E-state index contributed by atoms with van der Waals surface area (Å²) >= 11 is 0. The first-order valence-electron chi connectivity index (χ1n) is 7.63. The van der Waals surface area contributed by atoms with Gasteiger partial charge in [-0.25, -0.2) is 0 Å². The highest BCUT2D eigenvalue weighted by molar-refractivity contribution is 6.05. The number of carbonyl (C=O) groups excluding carboxylic acids is 2.